The standard InChI is InChI=1S/C8H15NO/c1-6(2)9-5-8(10)4-7(9)3/h7-8,10H,1,4-5H2,2-3H3/t7-,8-/m1/s1. The fourth-order valence-electron chi connectivity index (χ4n) is 1.53. The molecule has 0 aromatic rings. The molecule has 1 fully saturated rings. The zero-order valence-electron chi connectivity index (χ0n) is 6.67. The summed E-state index contributed by atoms with van der Waals surface area (Å²) in [5.41, 5.74) is 1.06. The van der Waals surface area contributed by atoms with E-state index in [0.717, 1.165) is 18.7 Å². The minimum Gasteiger partial charge on any atom is -0.391 e. The Bertz CT molecular complexity index is 144. The van der Waals surface area contributed by atoms with Crippen molar-refractivity contribution in [3.8, 4) is 0 Å². The molecule has 2 nitrogen and oxygen atoms in total. The monoisotopic (exact) mass is 141 g/mol. The van der Waals surface area contributed by atoms with Crippen molar-refractivity contribution in [2.24, 2.45) is 0 Å². The Morgan fingerprint density at radius 1 is 1.70 bits per heavy atom. The van der Waals surface area contributed by atoms with Gasteiger partial charge in [-0.25, -0.2) is 0 Å². The summed E-state index contributed by atoms with van der Waals surface area (Å²) in [6, 6.07) is 0.465. The van der Waals surface area contributed by atoms with Gasteiger partial charge < -0.3 is 10.0 Å². The Kier molecular flexibility index (Phi) is 2.00. The average Bonchev–Trinajstić information content (AvgIpc) is 2.10. The number of aliphatic hydroxyl groups is 1. The Balaban J connectivity index is 2.54. The molecule has 0 aromatic heterocycles. The lowest BCUT2D eigenvalue weighted by Crippen LogP contribution is -2.24. The quantitative estimate of drug-likeness (QED) is 0.588. The summed E-state index contributed by atoms with van der Waals surface area (Å²) in [7, 11) is 0. The number of hydrogen-bond acceptors (Lipinski definition) is 2. The number of β-amino-alcohol motifs (C(OH)–C–C–N with tert-alkyl or cyclic N) is 1. The lowest BCUT2D eigenvalue weighted by Gasteiger charge is -2.22. The van der Waals surface area contributed by atoms with Gasteiger partial charge in [-0.05, 0) is 20.3 Å². The molecule has 1 rings (SSSR count). The first kappa shape index (κ1) is 7.61. The van der Waals surface area contributed by atoms with Crippen LogP contribution in [0.3, 0.4) is 0 Å². The van der Waals surface area contributed by atoms with Crippen LogP contribution in [0.1, 0.15) is 20.3 Å². The minimum absolute atomic E-state index is 0.147. The highest BCUT2D eigenvalue weighted by Gasteiger charge is 2.26. The molecule has 1 aliphatic rings. The molecule has 0 saturated carbocycles. The van der Waals surface area contributed by atoms with Crippen molar-refractivity contribution in [3.63, 3.8) is 0 Å². The molecule has 2 atom stereocenters. The van der Waals surface area contributed by atoms with Gasteiger partial charge in [-0.1, -0.05) is 6.58 Å². The second-order valence-corrected chi connectivity index (χ2v) is 3.13. The van der Waals surface area contributed by atoms with Gasteiger partial charge in [0.2, 0.25) is 0 Å². The first-order chi connectivity index (χ1) is 4.61. The predicted molar refractivity (Wildman–Crippen MR) is 41.6 cm³/mol. The number of rotatable bonds is 1. The number of aliphatic hydroxyl groups excluding tert-OH is 1. The smallest absolute Gasteiger partial charge is 0.0734 e. The topological polar surface area (TPSA) is 23.5 Å². The summed E-state index contributed by atoms with van der Waals surface area (Å²) in [5.74, 6) is 0. The van der Waals surface area contributed by atoms with Crippen LogP contribution in [0.4, 0.5) is 0 Å². The predicted octanol–water partition coefficient (Wildman–Crippen LogP) is 0.975. The van der Waals surface area contributed by atoms with Crippen LogP contribution in [0.25, 0.3) is 0 Å². The van der Waals surface area contributed by atoms with Gasteiger partial charge in [-0.15, -0.1) is 0 Å². The number of nitrogens with zero attached hydrogens (tertiary/aromatic N) is 1. The Hall–Kier alpha value is -0.500. The van der Waals surface area contributed by atoms with Crippen LogP contribution < -0.4 is 0 Å². The number of hydrogen-bond donors (Lipinski definition) is 1. The molecule has 0 aromatic carbocycles. The number of allylic oxidation sites excluding steroid dienone is 1. The van der Waals surface area contributed by atoms with Gasteiger partial charge in [-0.2, -0.15) is 0 Å². The molecular formula is C8H15NO. The third-order valence-corrected chi connectivity index (χ3v) is 2.04. The molecule has 10 heavy (non-hydrogen) atoms. The van der Waals surface area contributed by atoms with Crippen LogP contribution in [-0.2, 0) is 0 Å². The highest BCUT2D eigenvalue weighted by Crippen LogP contribution is 2.20. The molecular weight excluding hydrogens is 126 g/mol. The van der Waals surface area contributed by atoms with E-state index in [0.29, 0.717) is 6.04 Å². The highest BCUT2D eigenvalue weighted by atomic mass is 16.3. The summed E-state index contributed by atoms with van der Waals surface area (Å²) in [6.45, 7) is 8.69. The summed E-state index contributed by atoms with van der Waals surface area (Å²) >= 11 is 0. The van der Waals surface area contributed by atoms with E-state index in [1.165, 1.54) is 0 Å². The van der Waals surface area contributed by atoms with Crippen molar-refractivity contribution in [1.82, 2.24) is 4.90 Å². The number of likely N-dealkylation sites (tertiary alicyclic amines) is 1. The van der Waals surface area contributed by atoms with Gasteiger partial charge in [-0.3, -0.25) is 0 Å². The van der Waals surface area contributed by atoms with E-state index >= 15 is 0 Å². The molecule has 0 spiro atoms. The van der Waals surface area contributed by atoms with E-state index in [4.69, 9.17) is 0 Å². The van der Waals surface area contributed by atoms with Crippen LogP contribution in [0.5, 0.6) is 0 Å². The fraction of sp³-hybridized carbons (Fsp3) is 0.750. The summed E-state index contributed by atoms with van der Waals surface area (Å²) < 4.78 is 0. The van der Waals surface area contributed by atoms with Gasteiger partial charge in [0.15, 0.2) is 0 Å². The maximum Gasteiger partial charge on any atom is 0.0734 e. The van der Waals surface area contributed by atoms with Crippen molar-refractivity contribution in [2.75, 3.05) is 6.54 Å². The molecule has 1 aliphatic heterocycles. The van der Waals surface area contributed by atoms with Crippen LogP contribution in [0, 0.1) is 0 Å². The maximum atomic E-state index is 9.24. The zero-order chi connectivity index (χ0) is 7.72. The highest BCUT2D eigenvalue weighted by molar-refractivity contribution is 4.97. The van der Waals surface area contributed by atoms with Crippen molar-refractivity contribution in [3.05, 3.63) is 12.3 Å². The molecule has 0 aliphatic carbocycles. The second kappa shape index (κ2) is 2.62. The fourth-order valence-corrected chi connectivity index (χ4v) is 1.53. The Labute approximate surface area is 62.2 Å². The van der Waals surface area contributed by atoms with Crippen molar-refractivity contribution in [2.45, 2.75) is 32.4 Å². The second-order valence-electron chi connectivity index (χ2n) is 3.13. The van der Waals surface area contributed by atoms with E-state index in [1.807, 2.05) is 6.92 Å². The molecule has 0 radical (unpaired) electrons. The lowest BCUT2D eigenvalue weighted by atomic mass is 10.2. The van der Waals surface area contributed by atoms with Gasteiger partial charge >= 0.3 is 0 Å². The van der Waals surface area contributed by atoms with E-state index in [1.54, 1.807) is 0 Å². The first-order valence-electron chi connectivity index (χ1n) is 3.71. The summed E-state index contributed by atoms with van der Waals surface area (Å²) in [5, 5.41) is 9.24. The van der Waals surface area contributed by atoms with Crippen molar-refractivity contribution in [1.29, 1.82) is 0 Å². The molecule has 0 bridgehead atoms. The molecule has 1 N–H and O–H groups in total. The van der Waals surface area contributed by atoms with Gasteiger partial charge in [0, 0.05) is 18.3 Å². The van der Waals surface area contributed by atoms with Crippen LogP contribution in [0.2, 0.25) is 0 Å². The van der Waals surface area contributed by atoms with Gasteiger partial charge in [0.1, 0.15) is 0 Å². The van der Waals surface area contributed by atoms with E-state index in [2.05, 4.69) is 18.4 Å². The largest absolute Gasteiger partial charge is 0.391 e. The van der Waals surface area contributed by atoms with Crippen LogP contribution in [0.15, 0.2) is 12.3 Å². The van der Waals surface area contributed by atoms with E-state index < -0.39 is 0 Å². The molecule has 0 unspecified atom stereocenters. The van der Waals surface area contributed by atoms with E-state index in [-0.39, 0.29) is 6.10 Å². The van der Waals surface area contributed by atoms with Crippen LogP contribution in [-0.4, -0.2) is 28.7 Å². The summed E-state index contributed by atoms with van der Waals surface area (Å²) in [6.07, 6.45) is 0.735. The molecule has 0 amide bonds. The average molecular weight is 141 g/mol. The van der Waals surface area contributed by atoms with Gasteiger partial charge in [0.25, 0.3) is 0 Å². The molecule has 2 heteroatoms. The molecule has 58 valence electrons. The molecule has 1 saturated heterocycles. The van der Waals surface area contributed by atoms with Crippen molar-refractivity contribution >= 4 is 0 Å². The Morgan fingerprint density at radius 2 is 2.30 bits per heavy atom. The van der Waals surface area contributed by atoms with Crippen LogP contribution >= 0.6 is 0 Å². The SMILES string of the molecule is C=C(C)N1C[C@H](O)C[C@H]1C. The van der Waals surface area contributed by atoms with Crippen molar-refractivity contribution < 1.29 is 5.11 Å². The minimum atomic E-state index is -0.147. The third-order valence-electron chi connectivity index (χ3n) is 2.04. The normalized spacial score (nSPS) is 32.9. The first-order valence-corrected chi connectivity index (χ1v) is 3.71. The van der Waals surface area contributed by atoms with Gasteiger partial charge in [0.05, 0.1) is 6.10 Å². The Morgan fingerprint density at radius 3 is 2.50 bits per heavy atom. The van der Waals surface area contributed by atoms with E-state index in [9.17, 15) is 5.11 Å². The molecule has 1 heterocycles. The maximum absolute atomic E-state index is 9.24. The zero-order valence-corrected chi connectivity index (χ0v) is 6.67. The third kappa shape index (κ3) is 1.32. The summed E-state index contributed by atoms with van der Waals surface area (Å²) in [4.78, 5) is 2.14. The lowest BCUT2D eigenvalue weighted by molar-refractivity contribution is 0.184.